The van der Waals surface area contributed by atoms with E-state index in [-0.39, 0.29) is 5.91 Å². The molecule has 28 heavy (non-hydrogen) atoms. The topological polar surface area (TPSA) is 47.4 Å². The van der Waals surface area contributed by atoms with E-state index in [1.165, 1.54) is 30.8 Å². The highest BCUT2D eigenvalue weighted by Gasteiger charge is 2.29. The molecule has 1 aromatic heterocycles. The lowest BCUT2D eigenvalue weighted by Crippen LogP contribution is -2.45. The molecule has 0 radical (unpaired) electrons. The lowest BCUT2D eigenvalue weighted by Gasteiger charge is -2.34. The van der Waals surface area contributed by atoms with Crippen molar-refractivity contribution in [2.75, 3.05) is 13.1 Å². The predicted octanol–water partition coefficient (Wildman–Crippen LogP) is 4.17. The second kappa shape index (κ2) is 8.38. The van der Waals surface area contributed by atoms with Gasteiger partial charge in [0.25, 0.3) is 5.91 Å². The van der Waals surface area contributed by atoms with E-state index < -0.39 is 6.10 Å². The number of carbonyl (C=O) groups excluding carboxylic acids is 1. The van der Waals surface area contributed by atoms with Gasteiger partial charge in [-0.15, -0.1) is 0 Å². The van der Waals surface area contributed by atoms with Gasteiger partial charge in [-0.2, -0.15) is 0 Å². The number of ether oxygens (including phenoxy) is 1. The molecule has 1 unspecified atom stereocenters. The minimum absolute atomic E-state index is 0.0938. The van der Waals surface area contributed by atoms with Crippen LogP contribution in [0.15, 0.2) is 36.5 Å². The fraction of sp³-hybridized carbons (Fsp3) is 0.565. The number of amides is 1. The van der Waals surface area contributed by atoms with Gasteiger partial charge in [0.05, 0.1) is 0 Å². The van der Waals surface area contributed by atoms with Crippen LogP contribution in [-0.4, -0.2) is 39.6 Å². The fourth-order valence-electron chi connectivity index (χ4n) is 4.31. The number of benzene rings is 1. The number of aromatic nitrogens is 2. The van der Waals surface area contributed by atoms with E-state index in [9.17, 15) is 4.79 Å². The summed E-state index contributed by atoms with van der Waals surface area (Å²) in [7, 11) is 0. The average Bonchev–Trinajstić information content (AvgIpc) is 3.01. The van der Waals surface area contributed by atoms with E-state index in [0.29, 0.717) is 11.8 Å². The SMILES string of the molecule is Cc1cnc(C2CCC2)n1CC1CCN(C(=O)C(C)Oc2ccccc2)CC1. The molecule has 150 valence electrons. The molecule has 5 heteroatoms. The van der Waals surface area contributed by atoms with Crippen molar-refractivity contribution in [1.29, 1.82) is 0 Å². The van der Waals surface area contributed by atoms with E-state index in [0.717, 1.165) is 38.2 Å². The normalized spacial score (nSPS) is 19.3. The second-order valence-corrected chi connectivity index (χ2v) is 8.34. The van der Waals surface area contributed by atoms with E-state index in [4.69, 9.17) is 9.72 Å². The molecule has 1 aliphatic carbocycles. The Hall–Kier alpha value is -2.30. The van der Waals surface area contributed by atoms with Crippen molar-refractivity contribution in [3.05, 3.63) is 48.0 Å². The number of nitrogens with zero attached hydrogens (tertiary/aromatic N) is 3. The largest absolute Gasteiger partial charge is 0.481 e. The molecule has 2 fully saturated rings. The maximum absolute atomic E-state index is 12.8. The number of para-hydroxylation sites is 1. The average molecular weight is 382 g/mol. The first-order chi connectivity index (χ1) is 13.6. The number of likely N-dealkylation sites (tertiary alicyclic amines) is 1. The first-order valence-corrected chi connectivity index (χ1v) is 10.6. The van der Waals surface area contributed by atoms with Crippen LogP contribution < -0.4 is 4.74 Å². The van der Waals surface area contributed by atoms with Gasteiger partial charge in [-0.25, -0.2) is 4.98 Å². The zero-order valence-electron chi connectivity index (χ0n) is 17.0. The molecular formula is C23H31N3O2. The maximum atomic E-state index is 12.8. The molecular weight excluding hydrogens is 350 g/mol. The zero-order chi connectivity index (χ0) is 19.5. The number of aryl methyl sites for hydroxylation is 1. The molecule has 0 N–H and O–H groups in total. The van der Waals surface area contributed by atoms with Crippen LogP contribution >= 0.6 is 0 Å². The smallest absolute Gasteiger partial charge is 0.263 e. The molecule has 1 atom stereocenters. The maximum Gasteiger partial charge on any atom is 0.263 e. The summed E-state index contributed by atoms with van der Waals surface area (Å²) in [4.78, 5) is 19.4. The van der Waals surface area contributed by atoms with Gasteiger partial charge in [-0.05, 0) is 57.6 Å². The van der Waals surface area contributed by atoms with E-state index >= 15 is 0 Å². The molecule has 1 saturated heterocycles. The molecule has 1 aliphatic heterocycles. The van der Waals surface area contributed by atoms with E-state index in [1.54, 1.807) is 0 Å². The van der Waals surface area contributed by atoms with Gasteiger partial charge in [0.2, 0.25) is 0 Å². The Balaban J connectivity index is 1.30. The van der Waals surface area contributed by atoms with E-state index in [2.05, 4.69) is 11.5 Å². The highest BCUT2D eigenvalue weighted by Crippen LogP contribution is 2.36. The third kappa shape index (κ3) is 4.08. The van der Waals surface area contributed by atoms with Gasteiger partial charge in [-0.1, -0.05) is 24.6 Å². The third-order valence-corrected chi connectivity index (χ3v) is 6.33. The summed E-state index contributed by atoms with van der Waals surface area (Å²) in [6, 6.07) is 9.58. The van der Waals surface area contributed by atoms with Crippen LogP contribution in [0, 0.1) is 12.8 Å². The highest BCUT2D eigenvalue weighted by molar-refractivity contribution is 5.81. The predicted molar refractivity (Wildman–Crippen MR) is 109 cm³/mol. The molecule has 2 heterocycles. The number of carbonyl (C=O) groups is 1. The zero-order valence-corrected chi connectivity index (χ0v) is 17.0. The van der Waals surface area contributed by atoms with Crippen LogP contribution in [0.4, 0.5) is 0 Å². The van der Waals surface area contributed by atoms with Crippen LogP contribution in [0.25, 0.3) is 0 Å². The Labute approximate surface area is 167 Å². The summed E-state index contributed by atoms with van der Waals surface area (Å²) >= 11 is 0. The van der Waals surface area contributed by atoms with Crippen LogP contribution in [0.3, 0.4) is 0 Å². The summed E-state index contributed by atoms with van der Waals surface area (Å²) in [5.41, 5.74) is 1.27. The van der Waals surface area contributed by atoms with Crippen LogP contribution in [0.5, 0.6) is 5.75 Å². The Morgan fingerprint density at radius 2 is 1.89 bits per heavy atom. The van der Waals surface area contributed by atoms with Gasteiger partial charge in [0.15, 0.2) is 6.10 Å². The summed E-state index contributed by atoms with van der Waals surface area (Å²) in [5.74, 6) is 3.40. The quantitative estimate of drug-likeness (QED) is 0.755. The van der Waals surface area contributed by atoms with Crippen LogP contribution in [0.1, 0.15) is 56.5 Å². The minimum Gasteiger partial charge on any atom is -0.481 e. The number of hydrogen-bond donors (Lipinski definition) is 0. The minimum atomic E-state index is -0.444. The Kier molecular flexibility index (Phi) is 5.69. The third-order valence-electron chi connectivity index (χ3n) is 6.33. The van der Waals surface area contributed by atoms with Crippen molar-refractivity contribution >= 4 is 5.91 Å². The molecule has 1 aromatic carbocycles. The number of hydrogen-bond acceptors (Lipinski definition) is 3. The molecule has 4 rings (SSSR count). The molecule has 5 nitrogen and oxygen atoms in total. The van der Waals surface area contributed by atoms with Crippen LogP contribution in [0.2, 0.25) is 0 Å². The van der Waals surface area contributed by atoms with Crippen molar-refractivity contribution in [1.82, 2.24) is 14.5 Å². The van der Waals surface area contributed by atoms with Crippen molar-refractivity contribution in [2.24, 2.45) is 5.92 Å². The number of piperidine rings is 1. The molecule has 0 bridgehead atoms. The van der Waals surface area contributed by atoms with E-state index in [1.807, 2.05) is 48.4 Å². The standard InChI is InChI=1S/C23H31N3O2/c1-17-15-24-22(20-7-6-8-20)26(17)16-19-11-13-25(14-12-19)23(27)18(2)28-21-9-4-3-5-10-21/h3-5,9-10,15,18-20H,6-8,11-14,16H2,1-2H3. The van der Waals surface area contributed by atoms with Gasteiger partial charge >= 0.3 is 0 Å². The van der Waals surface area contributed by atoms with Gasteiger partial charge in [-0.3, -0.25) is 4.79 Å². The summed E-state index contributed by atoms with van der Waals surface area (Å²) < 4.78 is 8.25. The first kappa shape index (κ1) is 19.0. The molecule has 0 spiro atoms. The van der Waals surface area contributed by atoms with Gasteiger partial charge in [0.1, 0.15) is 11.6 Å². The van der Waals surface area contributed by atoms with Crippen molar-refractivity contribution in [3.63, 3.8) is 0 Å². The lowest BCUT2D eigenvalue weighted by molar-refractivity contribution is -0.139. The molecule has 2 aromatic rings. The van der Waals surface area contributed by atoms with Crippen molar-refractivity contribution < 1.29 is 9.53 Å². The Morgan fingerprint density at radius 3 is 2.54 bits per heavy atom. The van der Waals surface area contributed by atoms with Crippen molar-refractivity contribution in [2.45, 2.75) is 64.5 Å². The second-order valence-electron chi connectivity index (χ2n) is 8.34. The monoisotopic (exact) mass is 381 g/mol. The fourth-order valence-corrected chi connectivity index (χ4v) is 4.31. The number of imidazole rings is 1. The van der Waals surface area contributed by atoms with Crippen molar-refractivity contribution in [3.8, 4) is 5.75 Å². The summed E-state index contributed by atoms with van der Waals surface area (Å²) in [6.07, 6.45) is 7.57. The Bertz CT molecular complexity index is 789. The summed E-state index contributed by atoms with van der Waals surface area (Å²) in [5, 5.41) is 0. The van der Waals surface area contributed by atoms with Crippen LogP contribution in [-0.2, 0) is 11.3 Å². The number of rotatable bonds is 6. The lowest BCUT2D eigenvalue weighted by atomic mass is 9.84. The molecule has 1 amide bonds. The summed E-state index contributed by atoms with van der Waals surface area (Å²) in [6.45, 7) is 6.68. The van der Waals surface area contributed by atoms with Gasteiger partial charge in [0, 0.05) is 37.4 Å². The first-order valence-electron chi connectivity index (χ1n) is 10.6. The Morgan fingerprint density at radius 1 is 1.18 bits per heavy atom. The van der Waals surface area contributed by atoms with Gasteiger partial charge < -0.3 is 14.2 Å². The highest BCUT2D eigenvalue weighted by atomic mass is 16.5. The molecule has 2 aliphatic rings. The molecule has 1 saturated carbocycles.